The number of nitrogens with one attached hydrogen (secondary N) is 1. The third kappa shape index (κ3) is 6.50. The molecule has 0 spiro atoms. The van der Waals surface area contributed by atoms with Gasteiger partial charge in [-0.15, -0.1) is 0 Å². The van der Waals surface area contributed by atoms with Crippen LogP contribution in [0.4, 0.5) is 10.1 Å². The van der Waals surface area contributed by atoms with Gasteiger partial charge in [0.25, 0.3) is 0 Å². The number of benzene rings is 2. The topological polar surface area (TPSA) is 111 Å². The molecule has 0 atom stereocenters. The maximum atomic E-state index is 14.2. The molecule has 0 saturated carbocycles. The van der Waals surface area contributed by atoms with Crippen molar-refractivity contribution in [2.45, 2.75) is 5.75 Å². The lowest BCUT2D eigenvalue weighted by atomic mass is 10.2. The number of carbonyl (C=O) groups is 1. The molecule has 154 valence electrons. The van der Waals surface area contributed by atoms with E-state index in [9.17, 15) is 17.6 Å². The van der Waals surface area contributed by atoms with Gasteiger partial charge in [-0.2, -0.15) is 0 Å². The Bertz CT molecular complexity index is 1160. The highest BCUT2D eigenvalue weighted by atomic mass is 32.2. The Morgan fingerprint density at radius 2 is 1.93 bits per heavy atom. The van der Waals surface area contributed by atoms with Crippen LogP contribution >= 0.6 is 0 Å². The van der Waals surface area contributed by atoms with E-state index < -0.39 is 21.7 Å². The molecule has 0 aliphatic heterocycles. The van der Waals surface area contributed by atoms with E-state index in [-0.39, 0.29) is 11.5 Å². The van der Waals surface area contributed by atoms with Gasteiger partial charge in [-0.05, 0) is 53.6 Å². The Morgan fingerprint density at radius 1 is 1.17 bits per heavy atom. The summed E-state index contributed by atoms with van der Waals surface area (Å²) in [5, 5.41) is 7.62. The molecule has 0 aliphatic carbocycles. The predicted molar refractivity (Wildman–Crippen MR) is 112 cm³/mol. The van der Waals surface area contributed by atoms with Crippen LogP contribution < -0.4 is 15.2 Å². The number of nitrogens with zero attached hydrogens (tertiary/aromatic N) is 1. The van der Waals surface area contributed by atoms with Gasteiger partial charge in [-0.1, -0.05) is 18.2 Å². The van der Waals surface area contributed by atoms with Crippen LogP contribution in [0.3, 0.4) is 0 Å². The van der Waals surface area contributed by atoms with Crippen LogP contribution in [0.1, 0.15) is 11.1 Å². The van der Waals surface area contributed by atoms with E-state index >= 15 is 0 Å². The van der Waals surface area contributed by atoms with Crippen LogP contribution in [0.25, 0.3) is 6.08 Å². The quantitative estimate of drug-likeness (QED) is 0.561. The summed E-state index contributed by atoms with van der Waals surface area (Å²) in [6, 6.07) is 13.9. The van der Waals surface area contributed by atoms with E-state index in [4.69, 9.17) is 9.88 Å². The summed E-state index contributed by atoms with van der Waals surface area (Å²) in [6.07, 6.45) is 5.77. The molecule has 0 saturated heterocycles. The highest BCUT2D eigenvalue weighted by Crippen LogP contribution is 2.24. The molecule has 3 rings (SSSR count). The number of aromatic nitrogens is 1. The molecule has 0 radical (unpaired) electrons. The normalized spacial score (nSPS) is 11.4. The Hall–Kier alpha value is -3.56. The molecule has 0 bridgehead atoms. The molecule has 7 nitrogen and oxygen atoms in total. The van der Waals surface area contributed by atoms with E-state index in [2.05, 4.69) is 10.3 Å². The lowest BCUT2D eigenvalue weighted by Crippen LogP contribution is -2.14. The summed E-state index contributed by atoms with van der Waals surface area (Å²) in [4.78, 5) is 15.9. The molecule has 30 heavy (non-hydrogen) atoms. The molecular weight excluding hydrogens is 409 g/mol. The second-order valence-electron chi connectivity index (χ2n) is 6.31. The Morgan fingerprint density at radius 3 is 2.57 bits per heavy atom. The summed E-state index contributed by atoms with van der Waals surface area (Å²) in [5.41, 5.74) is 1.47. The third-order valence-corrected chi connectivity index (χ3v) is 4.57. The molecule has 1 aromatic heterocycles. The summed E-state index contributed by atoms with van der Waals surface area (Å²) in [5.74, 6) is -0.830. The number of sulfonamides is 1. The second kappa shape index (κ2) is 9.29. The molecule has 0 fully saturated rings. The van der Waals surface area contributed by atoms with Crippen molar-refractivity contribution in [2.75, 3.05) is 5.32 Å². The highest BCUT2D eigenvalue weighted by molar-refractivity contribution is 7.88. The molecule has 2 aromatic carbocycles. The van der Waals surface area contributed by atoms with Crippen molar-refractivity contribution in [3.05, 3.63) is 90.0 Å². The van der Waals surface area contributed by atoms with E-state index in [1.165, 1.54) is 30.5 Å². The van der Waals surface area contributed by atoms with Crippen molar-refractivity contribution >= 4 is 27.7 Å². The lowest BCUT2D eigenvalue weighted by molar-refractivity contribution is -0.111. The van der Waals surface area contributed by atoms with Crippen LogP contribution in [0, 0.1) is 5.82 Å². The van der Waals surface area contributed by atoms with E-state index in [0.717, 1.165) is 0 Å². The van der Waals surface area contributed by atoms with Crippen LogP contribution in [-0.2, 0) is 20.6 Å². The second-order valence-corrected chi connectivity index (χ2v) is 7.92. The molecule has 9 heteroatoms. The van der Waals surface area contributed by atoms with Gasteiger partial charge >= 0.3 is 0 Å². The Balaban J connectivity index is 1.60. The first kappa shape index (κ1) is 21.2. The lowest BCUT2D eigenvalue weighted by Gasteiger charge is -2.07. The van der Waals surface area contributed by atoms with E-state index in [1.54, 1.807) is 48.7 Å². The molecule has 1 heterocycles. The first-order valence-electron chi connectivity index (χ1n) is 8.74. The average Bonchev–Trinajstić information content (AvgIpc) is 2.69. The van der Waals surface area contributed by atoms with Crippen LogP contribution in [0.5, 0.6) is 11.5 Å². The van der Waals surface area contributed by atoms with Crippen LogP contribution in [0.2, 0.25) is 0 Å². The van der Waals surface area contributed by atoms with Crippen molar-refractivity contribution in [3.8, 4) is 11.5 Å². The Labute approximate surface area is 173 Å². The summed E-state index contributed by atoms with van der Waals surface area (Å²) in [7, 11) is -3.62. The summed E-state index contributed by atoms with van der Waals surface area (Å²) in [6.45, 7) is 0. The van der Waals surface area contributed by atoms with Gasteiger partial charge in [0.2, 0.25) is 15.9 Å². The summed E-state index contributed by atoms with van der Waals surface area (Å²) < 4.78 is 41.8. The maximum Gasteiger partial charge on any atom is 0.248 e. The Kier molecular flexibility index (Phi) is 6.55. The fourth-order valence-corrected chi connectivity index (χ4v) is 3.17. The standard InChI is InChI=1S/C21H18FN3O4S/c22-19-12-15(5-9-20(19)29-18-2-1-11-24-13-18)6-10-21(26)25-17-7-3-16(4-8-17)14-30(23,27)28/h1-13H,14H2,(H,25,26)(H2,23,27,28)/b10-6+. The van der Waals surface area contributed by atoms with Gasteiger partial charge in [0.05, 0.1) is 11.9 Å². The molecule has 3 N–H and O–H groups in total. The third-order valence-electron chi connectivity index (χ3n) is 3.83. The first-order valence-corrected chi connectivity index (χ1v) is 10.5. The zero-order valence-corrected chi connectivity index (χ0v) is 16.5. The minimum Gasteiger partial charge on any atom is -0.453 e. The molecule has 0 aliphatic rings. The molecule has 0 unspecified atom stereocenters. The maximum absolute atomic E-state index is 14.2. The zero-order valence-electron chi connectivity index (χ0n) is 15.7. The number of nitrogens with two attached hydrogens (primary N) is 1. The smallest absolute Gasteiger partial charge is 0.248 e. The number of anilines is 1. The fraction of sp³-hybridized carbons (Fsp3) is 0.0476. The van der Waals surface area contributed by atoms with Crippen molar-refractivity contribution in [1.29, 1.82) is 0 Å². The number of rotatable bonds is 7. The van der Waals surface area contributed by atoms with E-state index in [0.29, 0.717) is 22.6 Å². The first-order chi connectivity index (χ1) is 14.3. The van der Waals surface area contributed by atoms with Gasteiger partial charge in [0.15, 0.2) is 11.6 Å². The number of primary sulfonamides is 1. The number of pyridine rings is 1. The average molecular weight is 427 g/mol. The monoisotopic (exact) mass is 427 g/mol. The van der Waals surface area contributed by atoms with Gasteiger partial charge in [0.1, 0.15) is 5.75 Å². The number of carbonyl (C=O) groups excluding carboxylic acids is 1. The minimum absolute atomic E-state index is 0.0455. The number of hydrogen-bond acceptors (Lipinski definition) is 5. The number of halogens is 1. The van der Waals surface area contributed by atoms with Crippen molar-refractivity contribution in [2.24, 2.45) is 5.14 Å². The largest absolute Gasteiger partial charge is 0.453 e. The van der Waals surface area contributed by atoms with Gasteiger partial charge in [-0.25, -0.2) is 17.9 Å². The zero-order chi connectivity index (χ0) is 21.6. The van der Waals surface area contributed by atoms with Crippen LogP contribution in [0.15, 0.2) is 73.1 Å². The fourth-order valence-electron chi connectivity index (χ4n) is 2.51. The van der Waals surface area contributed by atoms with Crippen molar-refractivity contribution < 1.29 is 22.3 Å². The van der Waals surface area contributed by atoms with Gasteiger partial charge in [-0.3, -0.25) is 9.78 Å². The molecular formula is C21H18FN3O4S. The minimum atomic E-state index is -3.62. The highest BCUT2D eigenvalue weighted by Gasteiger charge is 2.07. The number of hydrogen-bond donors (Lipinski definition) is 2. The van der Waals surface area contributed by atoms with Crippen LogP contribution in [-0.4, -0.2) is 19.3 Å². The molecule has 1 amide bonds. The van der Waals surface area contributed by atoms with Gasteiger partial charge < -0.3 is 10.1 Å². The summed E-state index contributed by atoms with van der Waals surface area (Å²) >= 11 is 0. The van der Waals surface area contributed by atoms with Crippen molar-refractivity contribution in [1.82, 2.24) is 4.98 Å². The predicted octanol–water partition coefficient (Wildman–Crippen LogP) is 3.45. The van der Waals surface area contributed by atoms with Crippen molar-refractivity contribution in [3.63, 3.8) is 0 Å². The number of amides is 1. The SMILES string of the molecule is NS(=O)(=O)Cc1ccc(NC(=O)/C=C/c2ccc(Oc3cccnc3)c(F)c2)cc1. The van der Waals surface area contributed by atoms with Gasteiger partial charge in [0, 0.05) is 18.0 Å². The number of ether oxygens (including phenoxy) is 1. The van der Waals surface area contributed by atoms with E-state index in [1.807, 2.05) is 0 Å². The molecule has 3 aromatic rings.